The maximum absolute atomic E-state index is 6.00. The zero-order valence-electron chi connectivity index (χ0n) is 11.6. The van der Waals surface area contributed by atoms with E-state index in [1.165, 1.54) is 0 Å². The van der Waals surface area contributed by atoms with Gasteiger partial charge in [-0.2, -0.15) is 0 Å². The summed E-state index contributed by atoms with van der Waals surface area (Å²) in [4.78, 5) is 0. The second-order valence-electron chi connectivity index (χ2n) is 4.77. The minimum Gasteiger partial charge on any atom is -0.382 e. The van der Waals surface area contributed by atoms with Crippen molar-refractivity contribution in [3.05, 3.63) is 0 Å². The average Bonchev–Trinajstić information content (AvgIpc) is 2.27. The van der Waals surface area contributed by atoms with Crippen LogP contribution >= 0.6 is 0 Å². The fraction of sp³-hybridized carbons (Fsp3) is 1.00. The zero-order valence-corrected chi connectivity index (χ0v) is 11.6. The van der Waals surface area contributed by atoms with E-state index < -0.39 is 5.60 Å². The summed E-state index contributed by atoms with van der Waals surface area (Å²) in [6, 6.07) is 0. The van der Waals surface area contributed by atoms with Crippen molar-refractivity contribution in [3.63, 3.8) is 0 Å². The number of hydrogen-bond acceptors (Lipinski definition) is 5. The van der Waals surface area contributed by atoms with Crippen LogP contribution in [0.1, 0.15) is 13.8 Å². The summed E-state index contributed by atoms with van der Waals surface area (Å²) in [5, 5.41) is 0. The van der Waals surface area contributed by atoms with Gasteiger partial charge in [-0.05, 0) is 13.8 Å². The van der Waals surface area contributed by atoms with Crippen LogP contribution in [-0.4, -0.2) is 65.1 Å². The Bertz CT molecular complexity index is 231. The van der Waals surface area contributed by atoms with Crippen LogP contribution in [0.25, 0.3) is 0 Å². The molecule has 4 atom stereocenters. The number of methoxy groups -OCH3 is 4. The molecule has 1 fully saturated rings. The molecule has 0 bridgehead atoms. The van der Waals surface area contributed by atoms with Crippen molar-refractivity contribution in [2.24, 2.45) is 0 Å². The van der Waals surface area contributed by atoms with Crippen molar-refractivity contribution in [1.29, 1.82) is 0 Å². The van der Waals surface area contributed by atoms with Gasteiger partial charge in [-0.3, -0.25) is 0 Å². The second kappa shape index (κ2) is 6.11. The van der Waals surface area contributed by atoms with Gasteiger partial charge in [-0.25, -0.2) is 0 Å². The second-order valence-corrected chi connectivity index (χ2v) is 4.77. The molecule has 1 heterocycles. The molecule has 3 unspecified atom stereocenters. The maximum atomic E-state index is 6.00. The van der Waals surface area contributed by atoms with Crippen molar-refractivity contribution in [3.8, 4) is 0 Å². The Balaban J connectivity index is 2.93. The molecule has 1 saturated heterocycles. The van der Waals surface area contributed by atoms with Gasteiger partial charge in [0.05, 0.1) is 12.2 Å². The van der Waals surface area contributed by atoms with E-state index in [-0.39, 0.29) is 24.4 Å². The molecular formula is C12H24O5. The lowest BCUT2D eigenvalue weighted by Gasteiger charge is -2.49. The third kappa shape index (κ3) is 2.98. The van der Waals surface area contributed by atoms with E-state index in [4.69, 9.17) is 23.7 Å². The minimum absolute atomic E-state index is 0.156. The van der Waals surface area contributed by atoms with Gasteiger partial charge < -0.3 is 23.7 Å². The first-order chi connectivity index (χ1) is 8.01. The van der Waals surface area contributed by atoms with Crippen LogP contribution in [0.4, 0.5) is 0 Å². The first-order valence-corrected chi connectivity index (χ1v) is 5.77. The molecule has 0 aliphatic carbocycles. The van der Waals surface area contributed by atoms with Crippen molar-refractivity contribution < 1.29 is 23.7 Å². The van der Waals surface area contributed by atoms with Crippen LogP contribution < -0.4 is 0 Å². The molecule has 102 valence electrons. The predicted octanol–water partition coefficient (Wildman–Crippen LogP) is 0.855. The van der Waals surface area contributed by atoms with Crippen LogP contribution in [-0.2, 0) is 23.7 Å². The summed E-state index contributed by atoms with van der Waals surface area (Å²) in [6.45, 7) is 4.45. The average molecular weight is 248 g/mol. The molecule has 0 aromatic rings. The fourth-order valence-corrected chi connectivity index (χ4v) is 2.56. The highest BCUT2D eigenvalue weighted by Gasteiger charge is 2.50. The molecule has 1 aliphatic rings. The van der Waals surface area contributed by atoms with E-state index in [9.17, 15) is 0 Å². The van der Waals surface area contributed by atoms with Gasteiger partial charge in [-0.1, -0.05) is 0 Å². The highest BCUT2D eigenvalue weighted by Crippen LogP contribution is 2.33. The highest BCUT2D eigenvalue weighted by molar-refractivity contribution is 4.99. The molecule has 17 heavy (non-hydrogen) atoms. The normalized spacial score (nSPS) is 37.1. The van der Waals surface area contributed by atoms with Crippen LogP contribution in [0.2, 0.25) is 0 Å². The smallest absolute Gasteiger partial charge is 0.115 e. The topological polar surface area (TPSA) is 46.2 Å². The summed E-state index contributed by atoms with van der Waals surface area (Å²) >= 11 is 0. The van der Waals surface area contributed by atoms with E-state index in [2.05, 4.69) is 0 Å². The molecule has 0 aromatic heterocycles. The maximum Gasteiger partial charge on any atom is 0.115 e. The summed E-state index contributed by atoms with van der Waals surface area (Å²) in [7, 11) is 6.61. The van der Waals surface area contributed by atoms with E-state index in [1.807, 2.05) is 13.8 Å². The molecule has 0 aromatic carbocycles. The molecule has 5 nitrogen and oxygen atoms in total. The van der Waals surface area contributed by atoms with Gasteiger partial charge in [0.15, 0.2) is 0 Å². The molecule has 1 rings (SSSR count). The molecule has 0 amide bonds. The standard InChI is InChI=1S/C12H24O5/c1-12(2)11(16-6)10(15-5)9(14-4)8(17-12)7-13-3/h8-11H,7H2,1-6H3/t8?,9-,10?,11?/m0/s1. The van der Waals surface area contributed by atoms with Gasteiger partial charge in [-0.15, -0.1) is 0 Å². The Morgan fingerprint density at radius 1 is 0.941 bits per heavy atom. The van der Waals surface area contributed by atoms with Gasteiger partial charge in [0.2, 0.25) is 0 Å². The van der Waals surface area contributed by atoms with Crippen molar-refractivity contribution in [1.82, 2.24) is 0 Å². The Morgan fingerprint density at radius 3 is 1.94 bits per heavy atom. The van der Waals surface area contributed by atoms with E-state index in [1.54, 1.807) is 28.4 Å². The largest absolute Gasteiger partial charge is 0.382 e. The predicted molar refractivity (Wildman–Crippen MR) is 63.2 cm³/mol. The van der Waals surface area contributed by atoms with E-state index in [0.717, 1.165) is 0 Å². The SMILES string of the molecule is COCC1OC(C)(C)C(OC)C(OC)[C@H]1OC. The minimum atomic E-state index is -0.437. The summed E-state index contributed by atoms with van der Waals surface area (Å²) in [5.74, 6) is 0. The van der Waals surface area contributed by atoms with Crippen LogP contribution in [0, 0.1) is 0 Å². The van der Waals surface area contributed by atoms with E-state index in [0.29, 0.717) is 6.61 Å². The summed E-state index contributed by atoms with van der Waals surface area (Å²) < 4.78 is 27.7. The first-order valence-electron chi connectivity index (χ1n) is 5.77. The first kappa shape index (κ1) is 14.9. The van der Waals surface area contributed by atoms with Crippen molar-refractivity contribution in [2.75, 3.05) is 35.0 Å². The molecule has 0 radical (unpaired) electrons. The monoisotopic (exact) mass is 248 g/mol. The lowest BCUT2D eigenvalue weighted by molar-refractivity contribution is -0.279. The molecule has 0 N–H and O–H groups in total. The quantitative estimate of drug-likeness (QED) is 0.722. The fourth-order valence-electron chi connectivity index (χ4n) is 2.56. The Kier molecular flexibility index (Phi) is 5.34. The zero-order chi connectivity index (χ0) is 13.1. The van der Waals surface area contributed by atoms with Crippen LogP contribution in [0.3, 0.4) is 0 Å². The van der Waals surface area contributed by atoms with Gasteiger partial charge in [0.1, 0.15) is 24.4 Å². The van der Waals surface area contributed by atoms with Gasteiger partial charge in [0, 0.05) is 28.4 Å². The molecule has 0 saturated carbocycles. The molecular weight excluding hydrogens is 224 g/mol. The summed E-state index contributed by atoms with van der Waals surface area (Å²) in [5.41, 5.74) is -0.437. The lowest BCUT2D eigenvalue weighted by atomic mass is 9.87. The number of hydrogen-bond donors (Lipinski definition) is 0. The van der Waals surface area contributed by atoms with Crippen LogP contribution in [0.5, 0.6) is 0 Å². The number of ether oxygens (including phenoxy) is 5. The Morgan fingerprint density at radius 2 is 1.53 bits per heavy atom. The molecule has 5 heteroatoms. The third-order valence-corrected chi connectivity index (χ3v) is 3.26. The van der Waals surface area contributed by atoms with Crippen molar-refractivity contribution >= 4 is 0 Å². The Hall–Kier alpha value is -0.200. The van der Waals surface area contributed by atoms with Crippen LogP contribution in [0.15, 0.2) is 0 Å². The van der Waals surface area contributed by atoms with Crippen molar-refractivity contribution in [2.45, 2.75) is 43.9 Å². The highest BCUT2D eigenvalue weighted by atomic mass is 16.6. The van der Waals surface area contributed by atoms with Gasteiger partial charge >= 0.3 is 0 Å². The number of rotatable bonds is 5. The molecule has 1 aliphatic heterocycles. The lowest BCUT2D eigenvalue weighted by Crippen LogP contribution is -2.64. The third-order valence-electron chi connectivity index (χ3n) is 3.26. The Labute approximate surface area is 103 Å². The van der Waals surface area contributed by atoms with Gasteiger partial charge in [0.25, 0.3) is 0 Å². The summed E-state index contributed by atoms with van der Waals surface area (Å²) in [6.07, 6.45) is -0.700. The molecule has 0 spiro atoms. The van der Waals surface area contributed by atoms with E-state index >= 15 is 0 Å².